The standard InChI is InChI=1S/C22H32N2O2/c1-15(2)8-19-13-25-21(23-19)11-17-6-5-7-18(10-17)12-22-24-20(14-26-22)9-16(3)4/h5-7,10,15-16,19-20H,8-9,11-14H2,1-4H3/t19-,20-/m0/s1. The molecular weight excluding hydrogens is 324 g/mol. The molecule has 0 bridgehead atoms. The van der Waals surface area contributed by atoms with Crippen molar-refractivity contribution in [2.45, 2.75) is 65.5 Å². The van der Waals surface area contributed by atoms with Crippen molar-refractivity contribution in [1.29, 1.82) is 0 Å². The molecule has 0 saturated carbocycles. The molecular formula is C22H32N2O2. The van der Waals surface area contributed by atoms with E-state index in [-0.39, 0.29) is 0 Å². The molecule has 1 aromatic carbocycles. The van der Waals surface area contributed by atoms with E-state index in [4.69, 9.17) is 19.5 Å². The van der Waals surface area contributed by atoms with E-state index in [1.54, 1.807) is 0 Å². The van der Waals surface area contributed by atoms with Gasteiger partial charge in [-0.25, -0.2) is 9.98 Å². The lowest BCUT2D eigenvalue weighted by Crippen LogP contribution is -2.09. The minimum atomic E-state index is 0.326. The van der Waals surface area contributed by atoms with E-state index in [0.29, 0.717) is 23.9 Å². The average Bonchev–Trinajstić information content (AvgIpc) is 3.16. The van der Waals surface area contributed by atoms with E-state index in [1.807, 2.05) is 0 Å². The van der Waals surface area contributed by atoms with Crippen molar-refractivity contribution < 1.29 is 9.47 Å². The zero-order valence-corrected chi connectivity index (χ0v) is 16.6. The van der Waals surface area contributed by atoms with Gasteiger partial charge in [0.2, 0.25) is 0 Å². The summed E-state index contributed by atoms with van der Waals surface area (Å²) in [5, 5.41) is 0. The Morgan fingerprint density at radius 2 is 1.31 bits per heavy atom. The third-order valence-corrected chi connectivity index (χ3v) is 4.73. The van der Waals surface area contributed by atoms with Gasteiger partial charge in [-0.3, -0.25) is 0 Å². The zero-order valence-electron chi connectivity index (χ0n) is 16.6. The summed E-state index contributed by atoms with van der Waals surface area (Å²) in [6, 6.07) is 9.27. The maximum absolute atomic E-state index is 5.80. The van der Waals surface area contributed by atoms with Gasteiger partial charge in [-0.15, -0.1) is 0 Å². The van der Waals surface area contributed by atoms with Gasteiger partial charge in [0.15, 0.2) is 11.8 Å². The lowest BCUT2D eigenvalue weighted by Gasteiger charge is -2.06. The van der Waals surface area contributed by atoms with Crippen LogP contribution in [0.2, 0.25) is 0 Å². The lowest BCUT2D eigenvalue weighted by molar-refractivity contribution is 0.296. The van der Waals surface area contributed by atoms with E-state index in [2.05, 4.69) is 52.0 Å². The summed E-state index contributed by atoms with van der Waals surface area (Å²) in [7, 11) is 0. The fourth-order valence-corrected chi connectivity index (χ4v) is 3.66. The molecule has 2 aliphatic heterocycles. The summed E-state index contributed by atoms with van der Waals surface area (Å²) in [6.45, 7) is 10.4. The van der Waals surface area contributed by atoms with Crippen molar-refractivity contribution in [1.82, 2.24) is 0 Å². The van der Waals surface area contributed by atoms with Crippen molar-refractivity contribution in [3.8, 4) is 0 Å². The van der Waals surface area contributed by atoms with Crippen LogP contribution in [0.1, 0.15) is 51.7 Å². The largest absolute Gasteiger partial charge is 0.478 e. The summed E-state index contributed by atoms with van der Waals surface area (Å²) in [4.78, 5) is 9.48. The predicted octanol–water partition coefficient (Wildman–Crippen LogP) is 4.46. The van der Waals surface area contributed by atoms with Crippen LogP contribution in [0.3, 0.4) is 0 Å². The normalized spacial score (nSPS) is 22.4. The topological polar surface area (TPSA) is 43.2 Å². The number of hydrogen-bond donors (Lipinski definition) is 0. The molecule has 0 unspecified atom stereocenters. The molecule has 2 atom stereocenters. The fourth-order valence-electron chi connectivity index (χ4n) is 3.66. The molecule has 26 heavy (non-hydrogen) atoms. The highest BCUT2D eigenvalue weighted by Crippen LogP contribution is 2.19. The SMILES string of the molecule is CC(C)C[C@H]1COC(Cc2cccc(CC3=N[C@@H](CC(C)C)CO3)c2)=N1. The Labute approximate surface area is 157 Å². The lowest BCUT2D eigenvalue weighted by atomic mass is 10.0. The smallest absolute Gasteiger partial charge is 0.188 e. The Morgan fingerprint density at radius 1 is 0.846 bits per heavy atom. The quantitative estimate of drug-likeness (QED) is 0.690. The molecule has 4 heteroatoms. The number of hydrogen-bond acceptors (Lipinski definition) is 4. The minimum absolute atomic E-state index is 0.326. The molecule has 4 nitrogen and oxygen atoms in total. The number of nitrogens with zero attached hydrogens (tertiary/aromatic N) is 2. The Balaban J connectivity index is 1.57. The summed E-state index contributed by atoms with van der Waals surface area (Å²) in [6.07, 6.45) is 3.73. The van der Waals surface area contributed by atoms with Crippen molar-refractivity contribution in [2.24, 2.45) is 21.8 Å². The fraction of sp³-hybridized carbons (Fsp3) is 0.636. The van der Waals surface area contributed by atoms with E-state index >= 15 is 0 Å². The first-order valence-corrected chi connectivity index (χ1v) is 9.94. The van der Waals surface area contributed by atoms with E-state index in [9.17, 15) is 0 Å². The Morgan fingerprint density at radius 3 is 1.73 bits per heavy atom. The van der Waals surface area contributed by atoms with Crippen LogP contribution in [-0.2, 0) is 22.3 Å². The van der Waals surface area contributed by atoms with Crippen molar-refractivity contribution in [3.05, 3.63) is 35.4 Å². The number of benzene rings is 1. The molecule has 0 spiro atoms. The monoisotopic (exact) mass is 356 g/mol. The third kappa shape index (κ3) is 5.58. The first-order chi connectivity index (χ1) is 12.5. The van der Waals surface area contributed by atoms with E-state index in [0.717, 1.165) is 50.7 Å². The van der Waals surface area contributed by atoms with Crippen LogP contribution in [0, 0.1) is 11.8 Å². The molecule has 0 N–H and O–H groups in total. The zero-order chi connectivity index (χ0) is 18.5. The molecule has 0 saturated heterocycles. The second-order valence-corrected chi connectivity index (χ2v) is 8.41. The van der Waals surface area contributed by atoms with Crippen LogP contribution >= 0.6 is 0 Å². The summed E-state index contributed by atoms with van der Waals surface area (Å²) >= 11 is 0. The molecule has 0 aliphatic carbocycles. The molecule has 0 aromatic heterocycles. The minimum Gasteiger partial charge on any atom is -0.478 e. The maximum Gasteiger partial charge on any atom is 0.188 e. The van der Waals surface area contributed by atoms with Gasteiger partial charge in [-0.05, 0) is 35.8 Å². The van der Waals surface area contributed by atoms with Crippen molar-refractivity contribution >= 4 is 11.8 Å². The van der Waals surface area contributed by atoms with Gasteiger partial charge in [0.1, 0.15) is 13.2 Å². The maximum atomic E-state index is 5.80. The van der Waals surface area contributed by atoms with Gasteiger partial charge < -0.3 is 9.47 Å². The van der Waals surface area contributed by atoms with E-state index in [1.165, 1.54) is 11.1 Å². The first-order valence-electron chi connectivity index (χ1n) is 9.94. The number of rotatable bonds is 8. The molecule has 1 aromatic rings. The van der Waals surface area contributed by atoms with Gasteiger partial charge in [0.05, 0.1) is 12.1 Å². The molecule has 0 amide bonds. The van der Waals surface area contributed by atoms with Crippen molar-refractivity contribution in [3.63, 3.8) is 0 Å². The van der Waals surface area contributed by atoms with Crippen LogP contribution in [0.15, 0.2) is 34.3 Å². The molecule has 3 rings (SSSR count). The Kier molecular flexibility index (Phi) is 6.33. The second-order valence-electron chi connectivity index (χ2n) is 8.41. The highest BCUT2D eigenvalue weighted by Gasteiger charge is 2.21. The molecule has 0 fully saturated rings. The summed E-state index contributed by atoms with van der Waals surface area (Å²) in [5.74, 6) is 3.06. The summed E-state index contributed by atoms with van der Waals surface area (Å²) < 4.78 is 11.6. The Bertz CT molecular complexity index is 611. The van der Waals surface area contributed by atoms with Crippen LogP contribution in [0.25, 0.3) is 0 Å². The molecule has 142 valence electrons. The van der Waals surface area contributed by atoms with Crippen LogP contribution in [0.5, 0.6) is 0 Å². The molecule has 2 aliphatic rings. The highest BCUT2D eigenvalue weighted by molar-refractivity contribution is 5.81. The van der Waals surface area contributed by atoms with Gasteiger partial charge in [0.25, 0.3) is 0 Å². The van der Waals surface area contributed by atoms with E-state index < -0.39 is 0 Å². The second kappa shape index (κ2) is 8.70. The number of aliphatic imine (C=N–C) groups is 2. The van der Waals surface area contributed by atoms with Crippen LogP contribution < -0.4 is 0 Å². The van der Waals surface area contributed by atoms with Gasteiger partial charge in [-0.2, -0.15) is 0 Å². The average molecular weight is 357 g/mol. The molecule has 0 radical (unpaired) electrons. The highest BCUT2D eigenvalue weighted by atomic mass is 16.5. The first kappa shape index (κ1) is 18.9. The van der Waals surface area contributed by atoms with Gasteiger partial charge >= 0.3 is 0 Å². The van der Waals surface area contributed by atoms with Crippen LogP contribution in [0.4, 0.5) is 0 Å². The summed E-state index contributed by atoms with van der Waals surface area (Å²) in [5.41, 5.74) is 2.48. The predicted molar refractivity (Wildman–Crippen MR) is 107 cm³/mol. The van der Waals surface area contributed by atoms with Crippen molar-refractivity contribution in [2.75, 3.05) is 13.2 Å². The van der Waals surface area contributed by atoms with Gasteiger partial charge in [-0.1, -0.05) is 52.0 Å². The van der Waals surface area contributed by atoms with Crippen LogP contribution in [-0.4, -0.2) is 37.1 Å². The third-order valence-electron chi connectivity index (χ3n) is 4.73. The molecule has 2 heterocycles. The number of ether oxygens (including phenoxy) is 2. The van der Waals surface area contributed by atoms with Gasteiger partial charge in [0, 0.05) is 12.8 Å². The Hall–Kier alpha value is -1.84.